The molecular formula is C16H26N2O. The molecule has 1 aromatic rings. The van der Waals surface area contributed by atoms with Crippen molar-refractivity contribution in [2.45, 2.75) is 40.0 Å². The van der Waals surface area contributed by atoms with Gasteiger partial charge in [0.1, 0.15) is 0 Å². The first-order valence-electron chi connectivity index (χ1n) is 7.05. The monoisotopic (exact) mass is 262 g/mol. The summed E-state index contributed by atoms with van der Waals surface area (Å²) in [5.74, 6) is 0.587. The Labute approximate surface area is 116 Å². The fraction of sp³-hybridized carbons (Fsp3) is 0.562. The summed E-state index contributed by atoms with van der Waals surface area (Å²) in [6.45, 7) is 9.10. The maximum absolute atomic E-state index is 12.2. The first kappa shape index (κ1) is 15.7. The number of amides is 1. The topological polar surface area (TPSA) is 41.1 Å². The minimum Gasteiger partial charge on any atom is -0.326 e. The molecule has 0 saturated heterocycles. The highest BCUT2D eigenvalue weighted by Crippen LogP contribution is 2.23. The molecule has 0 spiro atoms. The van der Waals surface area contributed by atoms with Crippen LogP contribution in [0, 0.1) is 12.8 Å². The van der Waals surface area contributed by atoms with Gasteiger partial charge in [0, 0.05) is 12.2 Å². The van der Waals surface area contributed by atoms with Crippen LogP contribution < -0.4 is 10.6 Å². The molecule has 1 unspecified atom stereocenters. The third-order valence-electron chi connectivity index (χ3n) is 3.50. The van der Waals surface area contributed by atoms with Gasteiger partial charge in [-0.1, -0.05) is 32.9 Å². The lowest BCUT2D eigenvalue weighted by Crippen LogP contribution is -2.30. The third-order valence-corrected chi connectivity index (χ3v) is 3.50. The van der Waals surface area contributed by atoms with E-state index in [1.807, 2.05) is 20.9 Å². The molecule has 3 heteroatoms. The van der Waals surface area contributed by atoms with Crippen molar-refractivity contribution in [2.75, 3.05) is 18.9 Å². The predicted molar refractivity (Wildman–Crippen MR) is 81.6 cm³/mol. The smallest absolute Gasteiger partial charge is 0.228 e. The lowest BCUT2D eigenvalue weighted by molar-refractivity contribution is -0.119. The van der Waals surface area contributed by atoms with Gasteiger partial charge in [-0.15, -0.1) is 0 Å². The fourth-order valence-corrected chi connectivity index (χ4v) is 2.04. The van der Waals surface area contributed by atoms with E-state index in [4.69, 9.17) is 0 Å². The predicted octanol–water partition coefficient (Wildman–Crippen LogP) is 3.30. The molecule has 1 atom stereocenters. The quantitative estimate of drug-likeness (QED) is 0.826. The van der Waals surface area contributed by atoms with Crippen LogP contribution in [0.1, 0.15) is 44.2 Å². The second-order valence-electron chi connectivity index (χ2n) is 5.38. The molecule has 0 aliphatic heterocycles. The molecule has 0 aliphatic carbocycles. The number of carbonyl (C=O) groups is 1. The summed E-state index contributed by atoms with van der Waals surface area (Å²) in [6.07, 6.45) is 0.843. The molecule has 3 nitrogen and oxygen atoms in total. The molecule has 1 aromatic carbocycles. The Balaban J connectivity index is 2.86. The zero-order valence-electron chi connectivity index (χ0n) is 12.7. The van der Waals surface area contributed by atoms with Crippen LogP contribution in [0.3, 0.4) is 0 Å². The van der Waals surface area contributed by atoms with E-state index >= 15 is 0 Å². The molecule has 0 fully saturated rings. The Bertz CT molecular complexity index is 427. The summed E-state index contributed by atoms with van der Waals surface area (Å²) in [4.78, 5) is 12.2. The number of anilines is 1. The zero-order valence-corrected chi connectivity index (χ0v) is 12.7. The number of benzene rings is 1. The van der Waals surface area contributed by atoms with Crippen LogP contribution in [-0.4, -0.2) is 19.5 Å². The van der Waals surface area contributed by atoms with Gasteiger partial charge in [0.05, 0.1) is 5.92 Å². The third kappa shape index (κ3) is 4.35. The van der Waals surface area contributed by atoms with E-state index in [0.717, 1.165) is 17.7 Å². The van der Waals surface area contributed by atoms with E-state index in [-0.39, 0.29) is 11.8 Å². The van der Waals surface area contributed by atoms with E-state index in [2.05, 4.69) is 42.7 Å². The van der Waals surface area contributed by atoms with Gasteiger partial charge in [-0.3, -0.25) is 4.79 Å². The normalized spacial score (nSPS) is 12.5. The number of rotatable bonds is 6. The van der Waals surface area contributed by atoms with Crippen LogP contribution in [0.4, 0.5) is 5.69 Å². The maximum atomic E-state index is 12.2. The molecule has 0 radical (unpaired) electrons. The number of carbonyl (C=O) groups excluding carboxylic acids is 1. The Hall–Kier alpha value is -1.35. The SMILES string of the molecule is CCC(CNC)C(=O)Nc1cc(C(C)C)ccc1C. The molecular weight excluding hydrogens is 236 g/mol. The van der Waals surface area contributed by atoms with Crippen molar-refractivity contribution in [3.63, 3.8) is 0 Å². The molecule has 0 aromatic heterocycles. The van der Waals surface area contributed by atoms with Gasteiger partial charge in [0.2, 0.25) is 5.91 Å². The highest BCUT2D eigenvalue weighted by Gasteiger charge is 2.16. The Morgan fingerprint density at radius 2 is 2.00 bits per heavy atom. The summed E-state index contributed by atoms with van der Waals surface area (Å²) in [5, 5.41) is 6.13. The van der Waals surface area contributed by atoms with Crippen LogP contribution in [-0.2, 0) is 4.79 Å². The molecule has 106 valence electrons. The minimum atomic E-state index is 0.0205. The van der Waals surface area contributed by atoms with Crippen LogP contribution in [0.5, 0.6) is 0 Å². The molecule has 2 N–H and O–H groups in total. The summed E-state index contributed by atoms with van der Waals surface area (Å²) < 4.78 is 0. The lowest BCUT2D eigenvalue weighted by atomic mass is 10.00. The van der Waals surface area contributed by atoms with E-state index in [0.29, 0.717) is 12.5 Å². The second-order valence-corrected chi connectivity index (χ2v) is 5.38. The summed E-state index contributed by atoms with van der Waals surface area (Å²) in [7, 11) is 1.88. The van der Waals surface area contributed by atoms with Gasteiger partial charge in [-0.25, -0.2) is 0 Å². The standard InChI is InChI=1S/C16H26N2O/c1-6-13(10-17-5)16(19)18-15-9-14(11(2)3)8-7-12(15)4/h7-9,11,13,17H,6,10H2,1-5H3,(H,18,19). The summed E-state index contributed by atoms with van der Waals surface area (Å²) in [6, 6.07) is 6.29. The number of nitrogens with one attached hydrogen (secondary N) is 2. The number of aryl methyl sites for hydroxylation is 1. The minimum absolute atomic E-state index is 0.0205. The van der Waals surface area contributed by atoms with Gasteiger partial charge >= 0.3 is 0 Å². The highest BCUT2D eigenvalue weighted by atomic mass is 16.1. The number of hydrogen-bond donors (Lipinski definition) is 2. The molecule has 0 heterocycles. The molecule has 0 saturated carbocycles. The maximum Gasteiger partial charge on any atom is 0.228 e. The first-order chi connectivity index (χ1) is 8.99. The van der Waals surface area contributed by atoms with Gasteiger partial charge in [-0.05, 0) is 43.5 Å². The Morgan fingerprint density at radius 1 is 1.32 bits per heavy atom. The van der Waals surface area contributed by atoms with E-state index in [1.54, 1.807) is 0 Å². The van der Waals surface area contributed by atoms with Crippen molar-refractivity contribution >= 4 is 11.6 Å². The van der Waals surface area contributed by atoms with E-state index in [1.165, 1.54) is 5.56 Å². The largest absolute Gasteiger partial charge is 0.326 e. The molecule has 1 amide bonds. The van der Waals surface area contributed by atoms with Gasteiger partial charge in [0.25, 0.3) is 0 Å². The Kier molecular flexibility index (Phi) is 6.03. The summed E-state index contributed by atoms with van der Waals surface area (Å²) >= 11 is 0. The molecule has 0 aliphatic rings. The van der Waals surface area contributed by atoms with Crippen LogP contribution >= 0.6 is 0 Å². The van der Waals surface area contributed by atoms with Gasteiger partial charge in [0.15, 0.2) is 0 Å². The lowest BCUT2D eigenvalue weighted by Gasteiger charge is -2.17. The fourth-order valence-electron chi connectivity index (χ4n) is 2.04. The molecule has 19 heavy (non-hydrogen) atoms. The molecule has 0 bridgehead atoms. The van der Waals surface area contributed by atoms with Crippen molar-refractivity contribution in [3.05, 3.63) is 29.3 Å². The molecule has 1 rings (SSSR count). The van der Waals surface area contributed by atoms with Crippen LogP contribution in [0.25, 0.3) is 0 Å². The second kappa shape index (κ2) is 7.29. The van der Waals surface area contributed by atoms with Crippen molar-refractivity contribution in [1.29, 1.82) is 0 Å². The van der Waals surface area contributed by atoms with E-state index < -0.39 is 0 Å². The van der Waals surface area contributed by atoms with Crippen LogP contribution in [0.2, 0.25) is 0 Å². The van der Waals surface area contributed by atoms with E-state index in [9.17, 15) is 4.79 Å². The van der Waals surface area contributed by atoms with Crippen LogP contribution in [0.15, 0.2) is 18.2 Å². The Morgan fingerprint density at radius 3 is 2.53 bits per heavy atom. The van der Waals surface area contributed by atoms with Crippen molar-refractivity contribution in [3.8, 4) is 0 Å². The highest BCUT2D eigenvalue weighted by molar-refractivity contribution is 5.93. The average molecular weight is 262 g/mol. The zero-order chi connectivity index (χ0) is 14.4. The van der Waals surface area contributed by atoms with Crippen molar-refractivity contribution < 1.29 is 4.79 Å². The van der Waals surface area contributed by atoms with Gasteiger partial charge in [-0.2, -0.15) is 0 Å². The average Bonchev–Trinajstić information content (AvgIpc) is 2.38. The number of hydrogen-bond acceptors (Lipinski definition) is 2. The van der Waals surface area contributed by atoms with Crippen molar-refractivity contribution in [2.24, 2.45) is 5.92 Å². The first-order valence-corrected chi connectivity index (χ1v) is 7.05. The van der Waals surface area contributed by atoms with Gasteiger partial charge < -0.3 is 10.6 Å². The van der Waals surface area contributed by atoms with Crippen molar-refractivity contribution in [1.82, 2.24) is 5.32 Å². The summed E-state index contributed by atoms with van der Waals surface area (Å²) in [5.41, 5.74) is 3.30.